The molecular formula is C44H50BrN. The van der Waals surface area contributed by atoms with E-state index in [-0.39, 0.29) is 5.41 Å². The Morgan fingerprint density at radius 1 is 0.522 bits per heavy atom. The predicted octanol–water partition coefficient (Wildman–Crippen LogP) is 14.1. The number of unbranched alkanes of at least 4 members (excludes halogenated alkanes) is 10. The van der Waals surface area contributed by atoms with Crippen molar-refractivity contribution in [3.63, 3.8) is 0 Å². The van der Waals surface area contributed by atoms with Crippen LogP contribution in [0.3, 0.4) is 0 Å². The topological polar surface area (TPSA) is 12.9 Å². The number of pyridine rings is 1. The van der Waals surface area contributed by atoms with Crippen molar-refractivity contribution in [3.8, 4) is 33.5 Å². The Labute approximate surface area is 286 Å². The van der Waals surface area contributed by atoms with Crippen LogP contribution in [0.1, 0.15) is 115 Å². The summed E-state index contributed by atoms with van der Waals surface area (Å²) in [5.41, 5.74) is 11.8. The van der Waals surface area contributed by atoms with Crippen LogP contribution in [-0.4, -0.2) is 4.98 Å². The largest absolute Gasteiger partial charge is 0.248 e. The van der Waals surface area contributed by atoms with Crippen LogP contribution in [0.15, 0.2) is 102 Å². The zero-order valence-electron chi connectivity index (χ0n) is 28.0. The third-order valence-corrected chi connectivity index (χ3v) is 10.8. The van der Waals surface area contributed by atoms with Gasteiger partial charge in [0.25, 0.3) is 0 Å². The number of hydrogen-bond donors (Lipinski definition) is 0. The molecule has 0 fully saturated rings. The molecule has 2 heteroatoms. The second kappa shape index (κ2) is 15.6. The lowest BCUT2D eigenvalue weighted by Gasteiger charge is -2.33. The van der Waals surface area contributed by atoms with E-state index in [9.17, 15) is 0 Å². The summed E-state index contributed by atoms with van der Waals surface area (Å²) in [6.07, 6.45) is 18.5. The highest BCUT2D eigenvalue weighted by molar-refractivity contribution is 9.10. The fraction of sp³-hybridized carbons (Fsp3) is 0.386. The summed E-state index contributed by atoms with van der Waals surface area (Å²) in [5, 5.41) is 1.18. The number of aromatic nitrogens is 1. The van der Waals surface area contributed by atoms with Crippen molar-refractivity contribution in [1.82, 2.24) is 4.98 Å². The first-order valence-electron chi connectivity index (χ1n) is 18.0. The van der Waals surface area contributed by atoms with E-state index in [1.54, 1.807) is 5.56 Å². The van der Waals surface area contributed by atoms with Crippen LogP contribution < -0.4 is 0 Å². The minimum atomic E-state index is 0.0709. The molecule has 0 saturated carbocycles. The number of rotatable bonds is 16. The molecule has 0 bridgehead atoms. The summed E-state index contributed by atoms with van der Waals surface area (Å²) in [5.74, 6) is 0. The smallest absolute Gasteiger partial charge is 0.0716 e. The predicted molar refractivity (Wildman–Crippen MR) is 203 cm³/mol. The van der Waals surface area contributed by atoms with Crippen molar-refractivity contribution in [2.24, 2.45) is 0 Å². The van der Waals surface area contributed by atoms with E-state index in [0.29, 0.717) is 0 Å². The molecule has 0 atom stereocenters. The molecule has 0 spiro atoms. The quantitative estimate of drug-likeness (QED) is 0.0951. The minimum absolute atomic E-state index is 0.0709. The summed E-state index contributed by atoms with van der Waals surface area (Å²) < 4.78 is 1.08. The zero-order chi connectivity index (χ0) is 31.8. The van der Waals surface area contributed by atoms with Gasteiger partial charge in [-0.25, -0.2) is 4.98 Å². The first-order valence-corrected chi connectivity index (χ1v) is 18.8. The lowest BCUT2D eigenvalue weighted by molar-refractivity contribution is 0.398. The van der Waals surface area contributed by atoms with E-state index in [1.807, 2.05) is 0 Å². The van der Waals surface area contributed by atoms with Gasteiger partial charge in [-0.3, -0.25) is 0 Å². The highest BCUT2D eigenvalue weighted by Gasteiger charge is 2.42. The van der Waals surface area contributed by atoms with Crippen molar-refractivity contribution in [2.75, 3.05) is 0 Å². The molecule has 6 rings (SSSR count). The molecule has 0 N–H and O–H groups in total. The van der Waals surface area contributed by atoms with Gasteiger partial charge in [-0.1, -0.05) is 174 Å². The van der Waals surface area contributed by atoms with Crippen LogP contribution in [-0.2, 0) is 5.41 Å². The van der Waals surface area contributed by atoms with Gasteiger partial charge >= 0.3 is 0 Å². The highest BCUT2D eigenvalue weighted by Crippen LogP contribution is 2.55. The Morgan fingerprint density at radius 3 is 1.87 bits per heavy atom. The average Bonchev–Trinajstić information content (AvgIpc) is 3.36. The van der Waals surface area contributed by atoms with Gasteiger partial charge in [0.1, 0.15) is 0 Å². The monoisotopic (exact) mass is 671 g/mol. The zero-order valence-corrected chi connectivity index (χ0v) is 29.5. The van der Waals surface area contributed by atoms with Crippen molar-refractivity contribution in [1.29, 1.82) is 0 Å². The second-order valence-electron chi connectivity index (χ2n) is 13.5. The van der Waals surface area contributed by atoms with Crippen molar-refractivity contribution >= 4 is 26.8 Å². The lowest BCUT2D eigenvalue weighted by atomic mass is 9.70. The van der Waals surface area contributed by atoms with Gasteiger partial charge in [-0.2, -0.15) is 0 Å². The van der Waals surface area contributed by atoms with Crippen LogP contribution in [0.2, 0.25) is 0 Å². The first kappa shape index (κ1) is 32.7. The molecule has 238 valence electrons. The summed E-state index contributed by atoms with van der Waals surface area (Å²) >= 11 is 3.71. The average molecular weight is 673 g/mol. The highest BCUT2D eigenvalue weighted by atomic mass is 79.9. The van der Waals surface area contributed by atoms with E-state index in [4.69, 9.17) is 4.98 Å². The Balaban J connectivity index is 1.42. The Morgan fingerprint density at radius 2 is 1.15 bits per heavy atom. The molecule has 0 amide bonds. The summed E-state index contributed by atoms with van der Waals surface area (Å²) in [7, 11) is 0. The number of nitrogens with zero attached hydrogens (tertiary/aromatic N) is 1. The van der Waals surface area contributed by atoms with E-state index >= 15 is 0 Å². The van der Waals surface area contributed by atoms with Gasteiger partial charge in [0.15, 0.2) is 0 Å². The normalized spacial score (nSPS) is 13.2. The van der Waals surface area contributed by atoms with Gasteiger partial charge in [0.2, 0.25) is 0 Å². The fourth-order valence-electron chi connectivity index (χ4n) is 7.90. The third-order valence-electron chi connectivity index (χ3n) is 10.3. The molecular weight excluding hydrogens is 622 g/mol. The van der Waals surface area contributed by atoms with E-state index < -0.39 is 0 Å². The van der Waals surface area contributed by atoms with Crippen molar-refractivity contribution < 1.29 is 0 Å². The molecule has 0 unspecified atom stereocenters. The maximum Gasteiger partial charge on any atom is 0.0716 e. The van der Waals surface area contributed by atoms with Crippen molar-refractivity contribution in [2.45, 2.75) is 109 Å². The summed E-state index contributed by atoms with van der Waals surface area (Å²) in [6.45, 7) is 4.62. The molecule has 46 heavy (non-hydrogen) atoms. The molecule has 1 aliphatic carbocycles. The molecule has 5 aromatic rings. The molecule has 1 nitrogen and oxygen atoms in total. The molecule has 1 aliphatic rings. The standard InChI is InChI=1S/C44H50BrN/c1-3-5-7-9-11-18-28-44(29-19-12-10-8-6-4-2)40-23-17-16-22-36(40)37-26-24-34(30-41(37)44)43-32-38(33-20-14-13-15-21-33)39-31-35(45)25-27-42(39)46-43/h13-17,20-27,30-32H,3-12,18-19,28-29H2,1-2H3. The maximum atomic E-state index is 5.28. The van der Waals surface area contributed by atoms with E-state index in [1.165, 1.54) is 129 Å². The Hall–Kier alpha value is -3.23. The Bertz CT molecular complexity index is 1720. The van der Waals surface area contributed by atoms with Crippen LogP contribution in [0.25, 0.3) is 44.4 Å². The summed E-state index contributed by atoms with van der Waals surface area (Å²) in [6, 6.07) is 36.2. The Kier molecular flexibility index (Phi) is 11.1. The van der Waals surface area contributed by atoms with Gasteiger partial charge in [-0.05, 0) is 76.6 Å². The number of benzene rings is 4. The molecule has 1 aromatic heterocycles. The van der Waals surface area contributed by atoms with Crippen molar-refractivity contribution in [3.05, 3.63) is 113 Å². The van der Waals surface area contributed by atoms with Gasteiger partial charge in [0.05, 0.1) is 11.2 Å². The van der Waals surface area contributed by atoms with E-state index in [2.05, 4.69) is 127 Å². The van der Waals surface area contributed by atoms with Crippen LogP contribution in [0.5, 0.6) is 0 Å². The fourth-order valence-corrected chi connectivity index (χ4v) is 8.26. The molecule has 4 aromatic carbocycles. The van der Waals surface area contributed by atoms with Gasteiger partial charge < -0.3 is 0 Å². The first-order chi connectivity index (χ1) is 22.6. The minimum Gasteiger partial charge on any atom is -0.248 e. The van der Waals surface area contributed by atoms with Gasteiger partial charge in [0, 0.05) is 20.8 Å². The van der Waals surface area contributed by atoms with Crippen LogP contribution >= 0.6 is 15.9 Å². The summed E-state index contributed by atoms with van der Waals surface area (Å²) in [4.78, 5) is 5.28. The lowest BCUT2D eigenvalue weighted by Crippen LogP contribution is -2.25. The van der Waals surface area contributed by atoms with Gasteiger partial charge in [-0.15, -0.1) is 0 Å². The third kappa shape index (κ3) is 7.03. The van der Waals surface area contributed by atoms with Crippen LogP contribution in [0, 0.1) is 0 Å². The number of hydrogen-bond acceptors (Lipinski definition) is 1. The number of halogens is 1. The molecule has 1 heterocycles. The molecule has 0 radical (unpaired) electrons. The van der Waals surface area contributed by atoms with E-state index in [0.717, 1.165) is 15.7 Å². The van der Waals surface area contributed by atoms with Crippen LogP contribution in [0.4, 0.5) is 0 Å². The molecule has 0 aliphatic heterocycles. The molecule has 0 saturated heterocycles. The SMILES string of the molecule is CCCCCCCCC1(CCCCCCCC)c2ccccc2-c2ccc(-c3cc(-c4ccccc4)c4cc(Br)ccc4n3)cc21. The second-order valence-corrected chi connectivity index (χ2v) is 14.4. The maximum absolute atomic E-state index is 5.28. The number of fused-ring (bicyclic) bond motifs is 4.